The van der Waals surface area contributed by atoms with Crippen molar-refractivity contribution in [3.8, 4) is 0 Å². The first-order valence-corrected chi connectivity index (χ1v) is 24.8. The van der Waals surface area contributed by atoms with Gasteiger partial charge in [-0.05, 0) is 44.4 Å². The Kier molecular flexibility index (Phi) is 35.5. The molecule has 0 aliphatic heterocycles. The van der Waals surface area contributed by atoms with Gasteiger partial charge in [-0.25, -0.2) is 17.6 Å². The van der Waals surface area contributed by atoms with E-state index in [2.05, 4.69) is 26.6 Å². The van der Waals surface area contributed by atoms with Crippen LogP contribution in [-0.2, 0) is 47.9 Å². The number of aryl methyl sites for hydroxylation is 1. The first-order valence-electron chi connectivity index (χ1n) is 21.9. The van der Waals surface area contributed by atoms with Crippen molar-refractivity contribution in [1.29, 1.82) is 0 Å². The maximum atomic E-state index is 14.9. The van der Waals surface area contributed by atoms with Crippen LogP contribution >= 0.6 is 0 Å². The van der Waals surface area contributed by atoms with E-state index in [0.29, 0.717) is 30.1 Å². The number of nitrogens with two attached hydrogens (primary N) is 2. The third-order valence-corrected chi connectivity index (χ3v) is 10.2. The summed E-state index contributed by atoms with van der Waals surface area (Å²) < 4.78 is 84.3. The van der Waals surface area contributed by atoms with Gasteiger partial charge in [0.2, 0.25) is 23.5 Å². The number of benzene rings is 2. The molecular formula is C44H63F6N9O12Se. The summed E-state index contributed by atoms with van der Waals surface area (Å²) >= 11 is 0.0447. The van der Waals surface area contributed by atoms with Crippen molar-refractivity contribution in [3.63, 3.8) is 0 Å². The van der Waals surface area contributed by atoms with E-state index in [1.807, 2.05) is 24.1 Å². The predicted octanol–water partition coefficient (Wildman–Crippen LogP) is 1.05. The molecule has 0 saturated carbocycles. The summed E-state index contributed by atoms with van der Waals surface area (Å²) in [6, 6.07) is 1.54. The van der Waals surface area contributed by atoms with E-state index in [1.165, 1.54) is 6.07 Å². The third-order valence-electron chi connectivity index (χ3n) is 8.83. The minimum atomic E-state index is -2.67. The Morgan fingerprint density at radius 3 is 1.50 bits per heavy atom. The van der Waals surface area contributed by atoms with Crippen LogP contribution in [0.25, 0.3) is 0 Å². The normalized spacial score (nSPS) is 11.3. The molecule has 28 heteroatoms. The molecule has 0 aliphatic rings. The molecule has 0 fully saturated rings. The standard InChI is InChI=1S/C32H46F5N9O8Se.C7H7F.C3H6O2.C2H4O2/c1-3-4-8-19(48)40-13-20(49)45-17(9-11-55-2)31(53)42-15-22(51)46-29(23-24(33)26(35)28(37)27(36)25(23)34)32(54)43-14-21(50)44-16(7-5-6-10-38)30(52)41-12-18(39)47;1-6-4-2-3-5-7(6)8;1-2-3(4)5;1-2(3)4/h16-17,29H,3-15,38H2,1-2H3,(H2,39,47)(H,40,48)(H,41,52)(H,42,53)(H,43,54)(H,44,50)(H,45,49)(H,46,51);2-5H,1H3;2H2,1H3,(H,4,5);1H3,(H,3,4). The molecule has 0 radical (unpaired) electrons. The molecule has 0 spiro atoms. The molecule has 21 nitrogen and oxygen atoms in total. The summed E-state index contributed by atoms with van der Waals surface area (Å²) in [5, 5.41) is 30.7. The monoisotopic (exact) mass is 1100 g/mol. The van der Waals surface area contributed by atoms with Gasteiger partial charge in [-0.3, -0.25) is 24.0 Å². The van der Waals surface area contributed by atoms with E-state index in [0.717, 1.165) is 13.3 Å². The van der Waals surface area contributed by atoms with Crippen molar-refractivity contribution in [3.05, 3.63) is 70.3 Å². The Morgan fingerprint density at radius 2 is 1.07 bits per heavy atom. The minimum Gasteiger partial charge on any atom is -0.207 e. The average Bonchev–Trinajstić information content (AvgIpc) is 3.33. The van der Waals surface area contributed by atoms with Crippen LogP contribution < -0.4 is 48.7 Å². The van der Waals surface area contributed by atoms with Gasteiger partial charge in [-0.1, -0.05) is 25.1 Å². The number of hydrogen-bond acceptors (Lipinski definition) is 11. The number of carbonyl (C=O) groups excluding carboxylic acids is 8. The summed E-state index contributed by atoms with van der Waals surface area (Å²) in [7, 11) is 0. The van der Waals surface area contributed by atoms with Gasteiger partial charge in [0.25, 0.3) is 5.97 Å². The van der Waals surface area contributed by atoms with Crippen LogP contribution in [0.15, 0.2) is 24.3 Å². The van der Waals surface area contributed by atoms with E-state index >= 15 is 0 Å². The van der Waals surface area contributed by atoms with Gasteiger partial charge in [0.05, 0.1) is 6.54 Å². The summed E-state index contributed by atoms with van der Waals surface area (Å²) in [5.41, 5.74) is 9.37. The number of unbranched alkanes of at least 4 members (excludes halogenated alkanes) is 2. The van der Waals surface area contributed by atoms with E-state index in [-0.39, 0.29) is 58.9 Å². The molecule has 0 aliphatic carbocycles. The number of carboxylic acid groups (broad SMARTS) is 2. The van der Waals surface area contributed by atoms with E-state index in [4.69, 9.17) is 26.5 Å². The van der Waals surface area contributed by atoms with Crippen LogP contribution in [0.4, 0.5) is 26.3 Å². The van der Waals surface area contributed by atoms with Gasteiger partial charge in [-0.15, -0.1) is 0 Å². The van der Waals surface area contributed by atoms with E-state index < -0.39 is 132 Å². The zero-order valence-electron chi connectivity index (χ0n) is 40.2. The van der Waals surface area contributed by atoms with Crippen LogP contribution in [0.1, 0.15) is 89.3 Å². The number of nitrogens with one attached hydrogen (secondary N) is 7. The SMILES string of the molecule is CC(=O)O.CCC(=O)O.CCCCC(=O)NCC(=O)NC(CC[Se]C)C(=O)NCC(=O)NC(C(=O)NCC(=O)NC(CCCCN)C(=O)NCC(N)=O)c1c(F)c(F)c(F)c(F)c1F.Cc1ccccc1F. The van der Waals surface area contributed by atoms with Gasteiger partial charge < -0.3 is 32.3 Å². The first-order chi connectivity index (χ1) is 33.8. The molecule has 3 unspecified atom stereocenters. The third kappa shape index (κ3) is 29.4. The number of hydrogen-bond donors (Lipinski definition) is 11. The maximum absolute atomic E-state index is 14.9. The Bertz CT molecular complexity index is 2090. The fourth-order valence-electron chi connectivity index (χ4n) is 5.13. The average molecular weight is 1100 g/mol. The summed E-state index contributed by atoms with van der Waals surface area (Å²) in [4.78, 5) is 118. The molecule has 3 atom stereocenters. The molecule has 404 valence electrons. The van der Waals surface area contributed by atoms with Crippen molar-refractivity contribution < 1.29 is 84.5 Å². The van der Waals surface area contributed by atoms with Crippen LogP contribution in [0.3, 0.4) is 0 Å². The van der Waals surface area contributed by atoms with Crippen molar-refractivity contribution in [1.82, 2.24) is 37.2 Å². The second-order valence-electron chi connectivity index (χ2n) is 14.8. The number of carboxylic acids is 2. The van der Waals surface area contributed by atoms with Gasteiger partial charge in [0.1, 0.15) is 11.9 Å². The second-order valence-corrected chi connectivity index (χ2v) is 16.9. The molecule has 2 rings (SSSR count). The quantitative estimate of drug-likeness (QED) is 0.0207. The van der Waals surface area contributed by atoms with Crippen LogP contribution in [-0.4, -0.2) is 129 Å². The van der Waals surface area contributed by atoms with Gasteiger partial charge in [-0.2, -0.15) is 0 Å². The number of rotatable bonds is 26. The topological polar surface area (TPSA) is 347 Å². The second kappa shape index (κ2) is 38.0. The van der Waals surface area contributed by atoms with Gasteiger partial charge >= 0.3 is 214 Å². The smallest absolute Gasteiger partial charge is 0.207 e. The van der Waals surface area contributed by atoms with Gasteiger partial charge in [0.15, 0.2) is 0 Å². The minimum absolute atomic E-state index is 0.00983. The molecule has 0 heterocycles. The summed E-state index contributed by atoms with van der Waals surface area (Å²) in [6.07, 6.45) is 2.63. The number of halogens is 6. The Hall–Kier alpha value is -6.80. The van der Waals surface area contributed by atoms with Crippen LogP contribution in [0, 0.1) is 41.8 Å². The number of aliphatic carboxylic acids is 2. The number of primary amides is 1. The van der Waals surface area contributed by atoms with Crippen LogP contribution in [0.2, 0.25) is 11.1 Å². The number of amides is 8. The predicted molar refractivity (Wildman–Crippen MR) is 248 cm³/mol. The molecule has 2 aromatic rings. The molecule has 2 aromatic carbocycles. The zero-order valence-corrected chi connectivity index (χ0v) is 42.0. The summed E-state index contributed by atoms with van der Waals surface area (Å²) in [6.45, 7) is 3.45. The van der Waals surface area contributed by atoms with Crippen molar-refractivity contribution in [2.24, 2.45) is 11.5 Å². The van der Waals surface area contributed by atoms with Crippen molar-refractivity contribution in [2.75, 3.05) is 32.7 Å². The molecule has 0 saturated heterocycles. The van der Waals surface area contributed by atoms with E-state index in [9.17, 15) is 69.5 Å². The summed E-state index contributed by atoms with van der Waals surface area (Å²) in [5.74, 6) is -20.2. The number of carbonyl (C=O) groups is 10. The van der Waals surface area contributed by atoms with Crippen molar-refractivity contribution in [2.45, 2.75) is 108 Å². The molecule has 8 amide bonds. The fraction of sp³-hybridized carbons (Fsp3) is 0.500. The molecule has 0 bridgehead atoms. The van der Waals surface area contributed by atoms with E-state index in [1.54, 1.807) is 31.3 Å². The Balaban J connectivity index is 0. The van der Waals surface area contributed by atoms with Crippen LogP contribution in [0.5, 0.6) is 0 Å². The zero-order chi connectivity index (χ0) is 55.5. The molecule has 0 aromatic heterocycles. The fourth-order valence-corrected chi connectivity index (χ4v) is 6.12. The van der Waals surface area contributed by atoms with Gasteiger partial charge in [0, 0.05) is 13.3 Å². The van der Waals surface area contributed by atoms with Crippen molar-refractivity contribution >= 4 is 74.2 Å². The first kappa shape index (κ1) is 67.3. The molecular weight excluding hydrogens is 1040 g/mol. The Morgan fingerprint density at radius 1 is 0.625 bits per heavy atom. The molecule has 13 N–H and O–H groups in total. The Labute approximate surface area is 417 Å². The molecule has 72 heavy (non-hydrogen) atoms.